The Morgan fingerprint density at radius 1 is 1.07 bits per heavy atom. The summed E-state index contributed by atoms with van der Waals surface area (Å²) in [5.41, 5.74) is 1.84. The van der Waals surface area contributed by atoms with Crippen molar-refractivity contribution in [3.8, 4) is 5.75 Å². The summed E-state index contributed by atoms with van der Waals surface area (Å²) in [6, 6.07) is 15.0. The van der Waals surface area contributed by atoms with E-state index in [1.165, 1.54) is 11.0 Å². The third-order valence-electron chi connectivity index (χ3n) is 3.70. The lowest BCUT2D eigenvalue weighted by Gasteiger charge is -2.17. The Morgan fingerprint density at radius 2 is 1.74 bits per heavy atom. The average molecular weight is 432 g/mol. The van der Waals surface area contributed by atoms with Crippen molar-refractivity contribution >= 4 is 33.9 Å². The van der Waals surface area contributed by atoms with E-state index in [1.807, 2.05) is 55.5 Å². The molecule has 142 valence electrons. The van der Waals surface area contributed by atoms with Crippen LogP contribution in [0.5, 0.6) is 5.75 Å². The van der Waals surface area contributed by atoms with E-state index in [2.05, 4.69) is 15.9 Å². The number of rotatable bonds is 8. The number of ether oxygens (including phenoxy) is 2. The number of likely N-dealkylation sites (N-methyl/N-ethyl adjacent to an activating group) is 1. The Labute approximate surface area is 167 Å². The molecule has 0 spiro atoms. The second-order valence-corrected chi connectivity index (χ2v) is 6.74. The maximum absolute atomic E-state index is 12.1. The number of hydrogen-bond donors (Lipinski definition) is 0. The van der Waals surface area contributed by atoms with Crippen molar-refractivity contribution in [2.24, 2.45) is 0 Å². The van der Waals surface area contributed by atoms with E-state index in [9.17, 15) is 9.59 Å². The molecule has 0 saturated carbocycles. The molecular formula is C21H22BrNO4. The summed E-state index contributed by atoms with van der Waals surface area (Å²) < 4.78 is 11.4. The van der Waals surface area contributed by atoms with Gasteiger partial charge in [-0.15, -0.1) is 0 Å². The van der Waals surface area contributed by atoms with Crippen LogP contribution in [0.15, 0.2) is 59.1 Å². The first-order valence-electron chi connectivity index (χ1n) is 8.54. The van der Waals surface area contributed by atoms with E-state index in [0.717, 1.165) is 21.3 Å². The van der Waals surface area contributed by atoms with Crippen LogP contribution in [0, 0.1) is 0 Å². The maximum atomic E-state index is 12.1. The third kappa shape index (κ3) is 7.27. The topological polar surface area (TPSA) is 55.8 Å². The first-order valence-corrected chi connectivity index (χ1v) is 9.33. The van der Waals surface area contributed by atoms with Crippen molar-refractivity contribution in [1.82, 2.24) is 4.90 Å². The molecule has 2 rings (SSSR count). The van der Waals surface area contributed by atoms with E-state index < -0.39 is 5.97 Å². The van der Waals surface area contributed by atoms with E-state index in [-0.39, 0.29) is 12.5 Å². The average Bonchev–Trinajstić information content (AvgIpc) is 2.67. The molecule has 0 atom stereocenters. The van der Waals surface area contributed by atoms with Gasteiger partial charge in [-0.3, -0.25) is 4.79 Å². The lowest BCUT2D eigenvalue weighted by atomic mass is 10.2. The second-order valence-electron chi connectivity index (χ2n) is 5.82. The minimum Gasteiger partial charge on any atom is -0.494 e. The number of amides is 1. The Bertz CT molecular complexity index is 785. The van der Waals surface area contributed by atoms with Gasteiger partial charge in [-0.25, -0.2) is 4.79 Å². The van der Waals surface area contributed by atoms with Gasteiger partial charge in [0.05, 0.1) is 6.61 Å². The van der Waals surface area contributed by atoms with E-state index in [0.29, 0.717) is 13.2 Å². The van der Waals surface area contributed by atoms with E-state index in [1.54, 1.807) is 13.1 Å². The van der Waals surface area contributed by atoms with Gasteiger partial charge in [-0.2, -0.15) is 0 Å². The quantitative estimate of drug-likeness (QED) is 0.466. The molecule has 2 aromatic rings. The van der Waals surface area contributed by atoms with E-state index in [4.69, 9.17) is 9.47 Å². The SMILES string of the molecule is CCOc1ccc(CN(C)C(=O)COC(=O)/C=C/c2ccc(Br)cc2)cc1. The van der Waals surface area contributed by atoms with Crippen LogP contribution in [0.3, 0.4) is 0 Å². The molecule has 6 heteroatoms. The fraction of sp³-hybridized carbons (Fsp3) is 0.238. The van der Waals surface area contributed by atoms with Crippen molar-refractivity contribution in [3.05, 3.63) is 70.2 Å². The first kappa shape index (κ1) is 20.7. The van der Waals surface area contributed by atoms with Crippen LogP contribution in [-0.2, 0) is 20.9 Å². The summed E-state index contributed by atoms with van der Waals surface area (Å²) in [6.07, 6.45) is 2.95. The molecule has 27 heavy (non-hydrogen) atoms. The van der Waals surface area contributed by atoms with Gasteiger partial charge in [0.2, 0.25) is 0 Å². The number of carbonyl (C=O) groups excluding carboxylic acids is 2. The Kier molecular flexibility index (Phi) is 8.07. The number of hydrogen-bond acceptors (Lipinski definition) is 4. The first-order chi connectivity index (χ1) is 13.0. The molecule has 0 aliphatic heterocycles. The van der Waals surface area contributed by atoms with Gasteiger partial charge in [-0.05, 0) is 48.4 Å². The van der Waals surface area contributed by atoms with Gasteiger partial charge >= 0.3 is 5.97 Å². The van der Waals surface area contributed by atoms with Gasteiger partial charge in [0.1, 0.15) is 5.75 Å². The second kappa shape index (κ2) is 10.5. The van der Waals surface area contributed by atoms with E-state index >= 15 is 0 Å². The maximum Gasteiger partial charge on any atom is 0.331 e. The van der Waals surface area contributed by atoms with Crippen LogP contribution in [0.1, 0.15) is 18.1 Å². The van der Waals surface area contributed by atoms with Crippen molar-refractivity contribution in [2.45, 2.75) is 13.5 Å². The Hall–Kier alpha value is -2.60. The highest BCUT2D eigenvalue weighted by atomic mass is 79.9. The molecule has 0 heterocycles. The summed E-state index contributed by atoms with van der Waals surface area (Å²) in [7, 11) is 1.67. The highest BCUT2D eigenvalue weighted by Crippen LogP contribution is 2.13. The van der Waals surface area contributed by atoms with Crippen LogP contribution in [0.2, 0.25) is 0 Å². The van der Waals surface area contributed by atoms with Gasteiger partial charge in [0.15, 0.2) is 6.61 Å². The fourth-order valence-electron chi connectivity index (χ4n) is 2.25. The minimum absolute atomic E-state index is 0.269. The number of nitrogens with zero attached hydrogens (tertiary/aromatic N) is 1. The van der Waals surface area contributed by atoms with Crippen LogP contribution >= 0.6 is 15.9 Å². The predicted octanol–water partition coefficient (Wildman–Crippen LogP) is 4.06. The summed E-state index contributed by atoms with van der Waals surface area (Å²) in [4.78, 5) is 25.4. The molecule has 0 fully saturated rings. The zero-order valence-electron chi connectivity index (χ0n) is 15.4. The van der Waals surface area contributed by atoms with Crippen LogP contribution in [0.25, 0.3) is 6.08 Å². The van der Waals surface area contributed by atoms with Crippen molar-refractivity contribution in [1.29, 1.82) is 0 Å². The molecule has 0 radical (unpaired) electrons. The highest BCUT2D eigenvalue weighted by molar-refractivity contribution is 9.10. The van der Waals surface area contributed by atoms with Gasteiger partial charge in [0, 0.05) is 24.1 Å². The predicted molar refractivity (Wildman–Crippen MR) is 108 cm³/mol. The lowest BCUT2D eigenvalue weighted by molar-refractivity contribution is -0.147. The lowest BCUT2D eigenvalue weighted by Crippen LogP contribution is -2.30. The molecule has 0 bridgehead atoms. The molecular weight excluding hydrogens is 410 g/mol. The standard InChI is InChI=1S/C21H22BrNO4/c1-3-26-19-11-6-17(7-12-19)14-23(2)20(24)15-27-21(25)13-8-16-4-9-18(22)10-5-16/h4-13H,3,14-15H2,1-2H3/b13-8+. The molecule has 1 amide bonds. The Balaban J connectivity index is 1.78. The molecule has 5 nitrogen and oxygen atoms in total. The Morgan fingerprint density at radius 3 is 2.37 bits per heavy atom. The van der Waals surface area contributed by atoms with Gasteiger partial charge in [0.25, 0.3) is 5.91 Å². The zero-order valence-corrected chi connectivity index (χ0v) is 16.9. The minimum atomic E-state index is -0.555. The van der Waals surface area contributed by atoms with Gasteiger partial charge < -0.3 is 14.4 Å². The molecule has 0 aliphatic rings. The molecule has 0 saturated heterocycles. The van der Waals surface area contributed by atoms with Gasteiger partial charge in [-0.1, -0.05) is 40.2 Å². The van der Waals surface area contributed by atoms with Crippen molar-refractivity contribution < 1.29 is 19.1 Å². The summed E-state index contributed by atoms with van der Waals surface area (Å²) in [5, 5.41) is 0. The molecule has 2 aromatic carbocycles. The van der Waals surface area contributed by atoms with Crippen LogP contribution < -0.4 is 4.74 Å². The summed E-state index contributed by atoms with van der Waals surface area (Å²) in [6.45, 7) is 2.67. The van der Waals surface area contributed by atoms with Crippen molar-refractivity contribution in [2.75, 3.05) is 20.3 Å². The highest BCUT2D eigenvalue weighted by Gasteiger charge is 2.11. The van der Waals surface area contributed by atoms with Crippen LogP contribution in [-0.4, -0.2) is 37.0 Å². The van der Waals surface area contributed by atoms with Crippen LogP contribution in [0.4, 0.5) is 0 Å². The fourth-order valence-corrected chi connectivity index (χ4v) is 2.51. The molecule has 0 unspecified atom stereocenters. The largest absolute Gasteiger partial charge is 0.494 e. The number of halogens is 1. The third-order valence-corrected chi connectivity index (χ3v) is 4.23. The van der Waals surface area contributed by atoms with Crippen molar-refractivity contribution in [3.63, 3.8) is 0 Å². The smallest absolute Gasteiger partial charge is 0.331 e. The number of esters is 1. The number of benzene rings is 2. The summed E-state index contributed by atoms with van der Waals surface area (Å²) >= 11 is 3.35. The number of carbonyl (C=O) groups is 2. The molecule has 0 N–H and O–H groups in total. The molecule has 0 aliphatic carbocycles. The monoisotopic (exact) mass is 431 g/mol. The zero-order chi connectivity index (χ0) is 19.6. The molecule has 0 aromatic heterocycles. The normalized spacial score (nSPS) is 10.6. The summed E-state index contributed by atoms with van der Waals surface area (Å²) in [5.74, 6) is -0.0308.